The lowest BCUT2D eigenvalue weighted by Gasteiger charge is -2.11. The first-order chi connectivity index (χ1) is 10.6. The largest absolute Gasteiger partial charge is 0.478 e. The first-order valence-electron chi connectivity index (χ1n) is 7.32. The van der Waals surface area contributed by atoms with Crippen LogP contribution in [0.2, 0.25) is 0 Å². The molecular weight excluding hydrogens is 278 g/mol. The average Bonchev–Trinajstić information content (AvgIpc) is 2.81. The molecule has 22 heavy (non-hydrogen) atoms. The number of pyridine rings is 1. The molecule has 0 spiro atoms. The second-order valence-electron chi connectivity index (χ2n) is 5.74. The van der Waals surface area contributed by atoms with E-state index in [4.69, 9.17) is 0 Å². The first kappa shape index (κ1) is 14.5. The van der Waals surface area contributed by atoms with Gasteiger partial charge >= 0.3 is 5.97 Å². The Bertz CT molecular complexity index is 836. The number of benzene rings is 1. The fraction of sp³-hybridized carbons (Fsp3) is 0.294. The van der Waals surface area contributed by atoms with E-state index in [1.165, 1.54) is 0 Å². The Labute approximate surface area is 128 Å². The van der Waals surface area contributed by atoms with Gasteiger partial charge in [0.2, 0.25) is 0 Å². The van der Waals surface area contributed by atoms with Gasteiger partial charge in [-0.25, -0.2) is 4.79 Å². The molecule has 0 unspecified atom stereocenters. The highest BCUT2D eigenvalue weighted by molar-refractivity contribution is 6.09. The van der Waals surface area contributed by atoms with Gasteiger partial charge in [0, 0.05) is 29.7 Å². The van der Waals surface area contributed by atoms with Crippen LogP contribution >= 0.6 is 0 Å². The zero-order valence-corrected chi connectivity index (χ0v) is 12.8. The van der Waals surface area contributed by atoms with Crippen LogP contribution in [0.5, 0.6) is 0 Å². The number of nitrogens with zero attached hydrogens (tertiary/aromatic N) is 3. The van der Waals surface area contributed by atoms with Crippen LogP contribution in [0.25, 0.3) is 21.8 Å². The summed E-state index contributed by atoms with van der Waals surface area (Å²) < 4.78 is 2.20. The van der Waals surface area contributed by atoms with Gasteiger partial charge in [0.15, 0.2) is 0 Å². The average molecular weight is 297 g/mol. The molecule has 2 heterocycles. The predicted molar refractivity (Wildman–Crippen MR) is 87.4 cm³/mol. The number of fused-ring (bicyclic) bond motifs is 3. The molecule has 0 radical (unpaired) electrons. The summed E-state index contributed by atoms with van der Waals surface area (Å²) in [5.41, 5.74) is 2.38. The van der Waals surface area contributed by atoms with E-state index in [0.29, 0.717) is 5.56 Å². The van der Waals surface area contributed by atoms with Crippen LogP contribution in [0.1, 0.15) is 16.8 Å². The zero-order chi connectivity index (χ0) is 15.7. The highest BCUT2D eigenvalue weighted by atomic mass is 16.4. The first-order valence-corrected chi connectivity index (χ1v) is 7.32. The topological polar surface area (TPSA) is 58.4 Å². The maximum atomic E-state index is 11.2. The van der Waals surface area contributed by atoms with Crippen molar-refractivity contribution in [3.05, 3.63) is 42.2 Å². The number of aromatic nitrogens is 2. The van der Waals surface area contributed by atoms with E-state index in [-0.39, 0.29) is 0 Å². The molecule has 0 saturated carbocycles. The van der Waals surface area contributed by atoms with Gasteiger partial charge in [-0.05, 0) is 45.3 Å². The molecule has 1 aromatic carbocycles. The fourth-order valence-corrected chi connectivity index (χ4v) is 2.86. The molecule has 114 valence electrons. The molecule has 5 nitrogen and oxygen atoms in total. The van der Waals surface area contributed by atoms with Gasteiger partial charge < -0.3 is 14.6 Å². The highest BCUT2D eigenvalue weighted by Crippen LogP contribution is 2.29. The number of aromatic carboxylic acids is 1. The quantitative estimate of drug-likeness (QED) is 0.786. The number of hydrogen-bond acceptors (Lipinski definition) is 3. The summed E-state index contributed by atoms with van der Waals surface area (Å²) >= 11 is 0. The minimum absolute atomic E-state index is 0.317. The van der Waals surface area contributed by atoms with Crippen molar-refractivity contribution < 1.29 is 9.90 Å². The maximum Gasteiger partial charge on any atom is 0.335 e. The van der Waals surface area contributed by atoms with E-state index >= 15 is 0 Å². The van der Waals surface area contributed by atoms with Gasteiger partial charge in [-0.15, -0.1) is 0 Å². The summed E-state index contributed by atoms with van der Waals surface area (Å²) in [6.07, 6.45) is 4.63. The molecule has 2 aromatic heterocycles. The zero-order valence-electron chi connectivity index (χ0n) is 12.8. The van der Waals surface area contributed by atoms with Gasteiger partial charge in [0.25, 0.3) is 0 Å². The van der Waals surface area contributed by atoms with E-state index in [1.54, 1.807) is 18.3 Å². The molecule has 0 saturated heterocycles. The number of rotatable bonds is 5. The van der Waals surface area contributed by atoms with E-state index in [0.717, 1.165) is 41.3 Å². The summed E-state index contributed by atoms with van der Waals surface area (Å²) in [6.45, 7) is 1.84. The fourth-order valence-electron chi connectivity index (χ4n) is 2.86. The highest BCUT2D eigenvalue weighted by Gasteiger charge is 2.13. The molecule has 3 aromatic rings. The van der Waals surface area contributed by atoms with Gasteiger partial charge in [0.05, 0.1) is 16.6 Å². The van der Waals surface area contributed by atoms with Crippen molar-refractivity contribution in [3.63, 3.8) is 0 Å². The van der Waals surface area contributed by atoms with Crippen LogP contribution in [0.15, 0.2) is 36.7 Å². The second-order valence-corrected chi connectivity index (χ2v) is 5.74. The number of aryl methyl sites for hydroxylation is 1. The Balaban J connectivity index is 2.15. The molecule has 0 atom stereocenters. The Morgan fingerprint density at radius 2 is 2.05 bits per heavy atom. The third-order valence-corrected chi connectivity index (χ3v) is 3.90. The smallest absolute Gasteiger partial charge is 0.335 e. The van der Waals surface area contributed by atoms with E-state index in [9.17, 15) is 9.90 Å². The second kappa shape index (κ2) is 5.77. The number of carbonyl (C=O) groups is 1. The Hall–Kier alpha value is -2.40. The van der Waals surface area contributed by atoms with Crippen molar-refractivity contribution in [2.24, 2.45) is 0 Å². The molecule has 0 aliphatic rings. The minimum Gasteiger partial charge on any atom is -0.478 e. The monoisotopic (exact) mass is 297 g/mol. The van der Waals surface area contributed by atoms with E-state index < -0.39 is 5.97 Å². The lowest BCUT2D eigenvalue weighted by atomic mass is 10.1. The van der Waals surface area contributed by atoms with Gasteiger partial charge in [-0.1, -0.05) is 6.07 Å². The minimum atomic E-state index is -0.898. The van der Waals surface area contributed by atoms with Crippen LogP contribution in [0, 0.1) is 0 Å². The van der Waals surface area contributed by atoms with Crippen LogP contribution in [-0.2, 0) is 6.54 Å². The summed E-state index contributed by atoms with van der Waals surface area (Å²) in [6, 6.07) is 7.28. The molecule has 0 aliphatic heterocycles. The third-order valence-electron chi connectivity index (χ3n) is 3.90. The molecule has 3 rings (SSSR count). The van der Waals surface area contributed by atoms with Crippen LogP contribution in [0.3, 0.4) is 0 Å². The van der Waals surface area contributed by atoms with Crippen molar-refractivity contribution in [2.75, 3.05) is 20.6 Å². The summed E-state index contributed by atoms with van der Waals surface area (Å²) in [4.78, 5) is 17.6. The third kappa shape index (κ3) is 2.55. The number of carboxylic acids is 1. The number of hydrogen-bond donors (Lipinski definition) is 1. The summed E-state index contributed by atoms with van der Waals surface area (Å²) in [7, 11) is 4.11. The van der Waals surface area contributed by atoms with Crippen molar-refractivity contribution in [1.29, 1.82) is 0 Å². The van der Waals surface area contributed by atoms with Crippen molar-refractivity contribution in [3.8, 4) is 0 Å². The molecule has 0 fully saturated rings. The molecule has 0 aliphatic carbocycles. The molecule has 1 N–H and O–H groups in total. The lowest BCUT2D eigenvalue weighted by molar-refractivity contribution is 0.0697. The predicted octanol–water partition coefficient (Wildman–Crippen LogP) is 2.84. The lowest BCUT2D eigenvalue weighted by Crippen LogP contribution is -2.15. The van der Waals surface area contributed by atoms with Gasteiger partial charge in [0.1, 0.15) is 0 Å². The standard InChI is InChI=1S/C17H19N3O2/c1-19(2)8-3-9-20-15-6-7-18-11-14(15)13-5-4-12(17(21)22)10-16(13)20/h4-7,10-11H,3,8-9H2,1-2H3,(H,21,22). The van der Waals surface area contributed by atoms with Crippen molar-refractivity contribution in [1.82, 2.24) is 14.5 Å². The van der Waals surface area contributed by atoms with Crippen LogP contribution in [-0.4, -0.2) is 46.2 Å². The summed E-state index contributed by atoms with van der Waals surface area (Å²) in [5, 5.41) is 11.4. The maximum absolute atomic E-state index is 11.2. The molecule has 0 amide bonds. The van der Waals surface area contributed by atoms with E-state index in [2.05, 4.69) is 28.5 Å². The molecular formula is C17H19N3O2. The van der Waals surface area contributed by atoms with Crippen LogP contribution < -0.4 is 0 Å². The SMILES string of the molecule is CN(C)CCCn1c2ccncc2c2ccc(C(=O)O)cc21. The molecule has 0 bridgehead atoms. The summed E-state index contributed by atoms with van der Waals surface area (Å²) in [5.74, 6) is -0.898. The van der Waals surface area contributed by atoms with Gasteiger partial charge in [-0.3, -0.25) is 4.98 Å². The normalized spacial score (nSPS) is 11.6. The number of carboxylic acid groups (broad SMARTS) is 1. The van der Waals surface area contributed by atoms with Crippen LogP contribution in [0.4, 0.5) is 0 Å². The molecule has 5 heteroatoms. The van der Waals surface area contributed by atoms with Crippen molar-refractivity contribution in [2.45, 2.75) is 13.0 Å². The van der Waals surface area contributed by atoms with Gasteiger partial charge in [-0.2, -0.15) is 0 Å². The Morgan fingerprint density at radius 3 is 2.77 bits per heavy atom. The Kier molecular flexibility index (Phi) is 3.81. The Morgan fingerprint density at radius 1 is 1.23 bits per heavy atom. The van der Waals surface area contributed by atoms with E-state index in [1.807, 2.05) is 18.3 Å². The van der Waals surface area contributed by atoms with Crippen molar-refractivity contribution >= 4 is 27.8 Å².